The Morgan fingerprint density at radius 3 is 2.50 bits per heavy atom. The van der Waals surface area contributed by atoms with Gasteiger partial charge >= 0.3 is 0 Å². The number of carbonyl (C=O) groups excluding carboxylic acids is 1. The number of amides is 1. The first-order valence-electron chi connectivity index (χ1n) is 6.14. The molecule has 2 aromatic rings. The highest BCUT2D eigenvalue weighted by atomic mass is 32.1. The number of nitrogens with zero attached hydrogens (tertiary/aromatic N) is 1. The molecule has 0 saturated heterocycles. The summed E-state index contributed by atoms with van der Waals surface area (Å²) >= 11 is 1.53. The quantitative estimate of drug-likeness (QED) is 0.936. The lowest BCUT2D eigenvalue weighted by Gasteiger charge is -2.07. The molecular formula is C14H14F2N2OS. The highest BCUT2D eigenvalue weighted by Crippen LogP contribution is 2.21. The van der Waals surface area contributed by atoms with Crippen molar-refractivity contribution in [3.63, 3.8) is 0 Å². The van der Waals surface area contributed by atoms with Gasteiger partial charge in [-0.2, -0.15) is 0 Å². The summed E-state index contributed by atoms with van der Waals surface area (Å²) in [6, 6.07) is 3.47. The van der Waals surface area contributed by atoms with E-state index in [9.17, 15) is 13.6 Å². The second-order valence-electron chi connectivity index (χ2n) is 4.39. The molecule has 2 rings (SSSR count). The van der Waals surface area contributed by atoms with Crippen molar-refractivity contribution in [3.8, 4) is 0 Å². The molecule has 20 heavy (non-hydrogen) atoms. The minimum absolute atomic E-state index is 0.163. The van der Waals surface area contributed by atoms with Gasteiger partial charge in [0.15, 0.2) is 0 Å². The van der Waals surface area contributed by atoms with Crippen LogP contribution in [0.15, 0.2) is 18.2 Å². The molecular weight excluding hydrogens is 282 g/mol. The Bertz CT molecular complexity index is 620. The van der Waals surface area contributed by atoms with Crippen LogP contribution in [-0.2, 0) is 11.2 Å². The maximum atomic E-state index is 13.4. The normalized spacial score (nSPS) is 10.6. The van der Waals surface area contributed by atoms with E-state index >= 15 is 0 Å². The van der Waals surface area contributed by atoms with Crippen molar-refractivity contribution in [1.29, 1.82) is 0 Å². The van der Waals surface area contributed by atoms with Crippen LogP contribution in [0.4, 0.5) is 14.5 Å². The molecule has 0 saturated carbocycles. The summed E-state index contributed by atoms with van der Waals surface area (Å²) in [4.78, 5) is 17.0. The Labute approximate surface area is 119 Å². The summed E-state index contributed by atoms with van der Waals surface area (Å²) in [5, 5.41) is 3.21. The van der Waals surface area contributed by atoms with Gasteiger partial charge in [0.25, 0.3) is 0 Å². The van der Waals surface area contributed by atoms with Crippen LogP contribution in [0, 0.1) is 25.5 Å². The van der Waals surface area contributed by atoms with Gasteiger partial charge in [-0.15, -0.1) is 11.3 Å². The molecule has 1 amide bonds. The number of nitrogens with one attached hydrogen (secondary N) is 1. The molecule has 0 aliphatic heterocycles. The number of benzene rings is 1. The minimum atomic E-state index is -0.775. The van der Waals surface area contributed by atoms with Gasteiger partial charge in [-0.3, -0.25) is 4.79 Å². The van der Waals surface area contributed by atoms with Gasteiger partial charge in [0.05, 0.1) is 10.7 Å². The van der Waals surface area contributed by atoms with Crippen LogP contribution in [0.2, 0.25) is 0 Å². The summed E-state index contributed by atoms with van der Waals surface area (Å²) in [7, 11) is 0. The Morgan fingerprint density at radius 1 is 1.30 bits per heavy atom. The molecule has 1 heterocycles. The molecule has 1 aromatic carbocycles. The Morgan fingerprint density at radius 2 is 1.95 bits per heavy atom. The zero-order chi connectivity index (χ0) is 14.7. The molecule has 3 nitrogen and oxygen atoms in total. The number of halogens is 2. The van der Waals surface area contributed by atoms with E-state index < -0.39 is 23.2 Å². The maximum absolute atomic E-state index is 13.4. The van der Waals surface area contributed by atoms with E-state index in [0.29, 0.717) is 6.42 Å². The fourth-order valence-electron chi connectivity index (χ4n) is 1.85. The van der Waals surface area contributed by atoms with E-state index in [-0.39, 0.29) is 6.42 Å². The maximum Gasteiger partial charge on any atom is 0.224 e. The average molecular weight is 296 g/mol. The van der Waals surface area contributed by atoms with E-state index in [0.717, 1.165) is 27.7 Å². The number of hydrogen-bond acceptors (Lipinski definition) is 3. The second kappa shape index (κ2) is 6.09. The zero-order valence-corrected chi connectivity index (χ0v) is 12.0. The predicted octanol–water partition coefficient (Wildman–Crippen LogP) is 3.61. The number of para-hydroxylation sites is 1. The summed E-state index contributed by atoms with van der Waals surface area (Å²) in [6.45, 7) is 3.78. The van der Waals surface area contributed by atoms with E-state index in [4.69, 9.17) is 0 Å². The third-order valence-electron chi connectivity index (χ3n) is 2.81. The van der Waals surface area contributed by atoms with E-state index in [1.807, 2.05) is 13.8 Å². The number of rotatable bonds is 4. The van der Waals surface area contributed by atoms with Crippen molar-refractivity contribution < 1.29 is 13.6 Å². The summed E-state index contributed by atoms with van der Waals surface area (Å²) in [5.74, 6) is -1.97. The molecule has 0 bridgehead atoms. The fourth-order valence-corrected chi connectivity index (χ4v) is 2.79. The first-order chi connectivity index (χ1) is 9.47. The van der Waals surface area contributed by atoms with Crippen LogP contribution in [-0.4, -0.2) is 10.9 Å². The lowest BCUT2D eigenvalue weighted by Crippen LogP contribution is -2.14. The number of aromatic nitrogens is 1. The zero-order valence-electron chi connectivity index (χ0n) is 11.2. The van der Waals surface area contributed by atoms with Crippen molar-refractivity contribution in [1.82, 2.24) is 4.98 Å². The number of carbonyl (C=O) groups is 1. The number of aryl methyl sites for hydroxylation is 3. The first-order valence-corrected chi connectivity index (χ1v) is 6.96. The van der Waals surface area contributed by atoms with Gasteiger partial charge in [0.2, 0.25) is 5.91 Å². The fraction of sp³-hybridized carbons (Fsp3) is 0.286. The van der Waals surface area contributed by atoms with Crippen molar-refractivity contribution in [2.24, 2.45) is 0 Å². The van der Waals surface area contributed by atoms with E-state index in [1.54, 1.807) is 0 Å². The van der Waals surface area contributed by atoms with Gasteiger partial charge in [0, 0.05) is 11.3 Å². The molecule has 6 heteroatoms. The molecule has 0 atom stereocenters. The smallest absolute Gasteiger partial charge is 0.224 e. The molecule has 0 aliphatic carbocycles. The lowest BCUT2D eigenvalue weighted by molar-refractivity contribution is -0.116. The Kier molecular flexibility index (Phi) is 4.44. The number of hydrogen-bond donors (Lipinski definition) is 1. The van der Waals surface area contributed by atoms with Crippen molar-refractivity contribution in [2.45, 2.75) is 26.7 Å². The predicted molar refractivity (Wildman–Crippen MR) is 74.9 cm³/mol. The molecule has 106 valence electrons. The number of anilines is 1. The van der Waals surface area contributed by atoms with Gasteiger partial charge < -0.3 is 5.32 Å². The van der Waals surface area contributed by atoms with Gasteiger partial charge in [-0.1, -0.05) is 6.07 Å². The molecule has 1 aromatic heterocycles. The molecule has 0 fully saturated rings. The van der Waals surface area contributed by atoms with Crippen LogP contribution < -0.4 is 5.32 Å². The molecule has 0 unspecified atom stereocenters. The van der Waals surface area contributed by atoms with E-state index in [2.05, 4.69) is 10.3 Å². The molecule has 0 aliphatic rings. The summed E-state index contributed by atoms with van der Waals surface area (Å²) in [6.07, 6.45) is 0.676. The first kappa shape index (κ1) is 14.6. The van der Waals surface area contributed by atoms with Crippen molar-refractivity contribution in [3.05, 3.63) is 45.4 Å². The summed E-state index contributed by atoms with van der Waals surface area (Å²) < 4.78 is 26.8. The van der Waals surface area contributed by atoms with Crippen LogP contribution in [0.5, 0.6) is 0 Å². The minimum Gasteiger partial charge on any atom is -0.321 e. The van der Waals surface area contributed by atoms with Crippen molar-refractivity contribution >= 4 is 22.9 Å². The van der Waals surface area contributed by atoms with Gasteiger partial charge in [-0.05, 0) is 32.4 Å². The largest absolute Gasteiger partial charge is 0.321 e. The highest BCUT2D eigenvalue weighted by molar-refractivity contribution is 7.11. The van der Waals surface area contributed by atoms with Crippen molar-refractivity contribution in [2.75, 3.05) is 5.32 Å². The van der Waals surface area contributed by atoms with Gasteiger partial charge in [-0.25, -0.2) is 13.8 Å². The Balaban J connectivity index is 1.98. The average Bonchev–Trinajstić information content (AvgIpc) is 2.70. The van der Waals surface area contributed by atoms with Gasteiger partial charge in [0.1, 0.15) is 17.3 Å². The Hall–Kier alpha value is -1.82. The van der Waals surface area contributed by atoms with Crippen LogP contribution in [0.1, 0.15) is 22.0 Å². The second-order valence-corrected chi connectivity index (χ2v) is 5.67. The van der Waals surface area contributed by atoms with Crippen LogP contribution >= 0.6 is 11.3 Å². The van der Waals surface area contributed by atoms with Crippen LogP contribution in [0.3, 0.4) is 0 Å². The molecule has 1 N–H and O–H groups in total. The SMILES string of the molecule is Cc1nc(C)c(CCC(=O)Nc2c(F)cccc2F)s1. The van der Waals surface area contributed by atoms with Crippen LogP contribution in [0.25, 0.3) is 0 Å². The third kappa shape index (κ3) is 3.39. The summed E-state index contributed by atoms with van der Waals surface area (Å²) in [5.41, 5.74) is 0.507. The standard InChI is InChI=1S/C14H14F2N2OS/c1-8-12(20-9(2)17-8)6-7-13(19)18-14-10(15)4-3-5-11(14)16/h3-5H,6-7H2,1-2H3,(H,18,19). The van der Waals surface area contributed by atoms with E-state index in [1.165, 1.54) is 17.4 Å². The monoisotopic (exact) mass is 296 g/mol. The number of thiazole rings is 1. The molecule has 0 spiro atoms. The highest BCUT2D eigenvalue weighted by Gasteiger charge is 2.13. The topological polar surface area (TPSA) is 42.0 Å². The lowest BCUT2D eigenvalue weighted by atomic mass is 10.2. The molecule has 0 radical (unpaired) electrons. The third-order valence-corrected chi connectivity index (χ3v) is 3.94.